The minimum atomic E-state index is -3.69. The van der Waals surface area contributed by atoms with Gasteiger partial charge in [-0.15, -0.1) is 0 Å². The molecule has 7 nitrogen and oxygen atoms in total. The lowest BCUT2D eigenvalue weighted by Gasteiger charge is -2.22. The van der Waals surface area contributed by atoms with Crippen LogP contribution in [0.3, 0.4) is 0 Å². The summed E-state index contributed by atoms with van der Waals surface area (Å²) in [5.41, 5.74) is 1.74. The summed E-state index contributed by atoms with van der Waals surface area (Å²) in [7, 11) is -2.12. The van der Waals surface area contributed by atoms with E-state index >= 15 is 0 Å². The summed E-state index contributed by atoms with van der Waals surface area (Å²) in [5.74, 6) is 0.132. The van der Waals surface area contributed by atoms with Crippen molar-refractivity contribution in [3.05, 3.63) is 46.8 Å². The number of nitrogens with zero attached hydrogens (tertiary/aromatic N) is 2. The van der Waals surface area contributed by atoms with Crippen LogP contribution in [0.5, 0.6) is 0 Å². The number of rotatable bonds is 6. The van der Waals surface area contributed by atoms with Gasteiger partial charge in [0, 0.05) is 25.2 Å². The monoisotopic (exact) mass is 363 g/mol. The molecule has 0 saturated heterocycles. The van der Waals surface area contributed by atoms with Crippen LogP contribution in [0.4, 0.5) is 0 Å². The molecule has 1 fully saturated rings. The average Bonchev–Trinajstić information content (AvgIpc) is 3.36. The van der Waals surface area contributed by atoms with Crippen LogP contribution in [0.15, 0.2) is 33.7 Å². The number of benzene rings is 1. The van der Waals surface area contributed by atoms with Crippen LogP contribution >= 0.6 is 0 Å². The Morgan fingerprint density at radius 2 is 1.92 bits per heavy atom. The lowest BCUT2D eigenvalue weighted by molar-refractivity contribution is 0.0963. The molecule has 0 unspecified atom stereocenters. The molecule has 1 amide bonds. The van der Waals surface area contributed by atoms with Gasteiger partial charge < -0.3 is 9.84 Å². The van der Waals surface area contributed by atoms with Crippen molar-refractivity contribution in [3.8, 4) is 0 Å². The minimum absolute atomic E-state index is 0.00248. The van der Waals surface area contributed by atoms with E-state index in [1.165, 1.54) is 4.31 Å². The molecular formula is C17H21N3O4S. The third-order valence-corrected chi connectivity index (χ3v) is 6.41. The second-order valence-corrected chi connectivity index (χ2v) is 8.04. The first kappa shape index (κ1) is 17.6. The number of carbonyl (C=O) groups excluding carboxylic acids is 1. The Balaban J connectivity index is 1.89. The topological polar surface area (TPSA) is 92.5 Å². The van der Waals surface area contributed by atoms with Crippen molar-refractivity contribution in [2.75, 3.05) is 7.05 Å². The zero-order valence-corrected chi connectivity index (χ0v) is 15.3. The molecule has 1 aromatic heterocycles. The van der Waals surface area contributed by atoms with E-state index in [1.807, 2.05) is 0 Å². The molecule has 0 spiro atoms. The second kappa shape index (κ2) is 6.61. The molecule has 134 valence electrons. The van der Waals surface area contributed by atoms with Crippen molar-refractivity contribution in [3.63, 3.8) is 0 Å². The van der Waals surface area contributed by atoms with Crippen LogP contribution in [-0.4, -0.2) is 36.9 Å². The number of carbonyl (C=O) groups is 1. The van der Waals surface area contributed by atoms with Crippen LogP contribution in [0.25, 0.3) is 0 Å². The normalized spacial score (nSPS) is 14.7. The number of sulfonamides is 1. The number of aryl methyl sites for hydroxylation is 2. The third kappa shape index (κ3) is 3.45. The standard InChI is InChI=1S/C17H21N3O4S/c1-11-16(12(2)24-19-11)25(22,23)20(15-8-9-15)10-13-4-6-14(7-5-13)17(21)18-3/h4-7,15H,8-10H2,1-3H3,(H,18,21). The number of hydrogen-bond donors (Lipinski definition) is 1. The van der Waals surface area contributed by atoms with Crippen molar-refractivity contribution in [1.29, 1.82) is 0 Å². The molecule has 1 saturated carbocycles. The maximum atomic E-state index is 13.1. The highest BCUT2D eigenvalue weighted by atomic mass is 32.2. The lowest BCUT2D eigenvalue weighted by atomic mass is 10.1. The first-order valence-corrected chi connectivity index (χ1v) is 9.54. The largest absolute Gasteiger partial charge is 0.360 e. The Morgan fingerprint density at radius 1 is 1.28 bits per heavy atom. The summed E-state index contributed by atoms with van der Waals surface area (Å²) in [6, 6.07) is 6.95. The van der Waals surface area contributed by atoms with E-state index in [2.05, 4.69) is 10.5 Å². The summed E-state index contributed by atoms with van der Waals surface area (Å²) in [4.78, 5) is 11.8. The molecule has 0 atom stereocenters. The Morgan fingerprint density at radius 3 is 2.40 bits per heavy atom. The maximum absolute atomic E-state index is 13.1. The van der Waals surface area contributed by atoms with E-state index < -0.39 is 10.0 Å². The fourth-order valence-corrected chi connectivity index (χ4v) is 4.79. The SMILES string of the molecule is CNC(=O)c1ccc(CN(C2CC2)S(=O)(=O)c2c(C)noc2C)cc1. The number of aromatic nitrogens is 1. The smallest absolute Gasteiger partial charge is 0.251 e. The van der Waals surface area contributed by atoms with E-state index in [-0.39, 0.29) is 23.4 Å². The van der Waals surface area contributed by atoms with E-state index in [9.17, 15) is 13.2 Å². The van der Waals surface area contributed by atoms with Crippen molar-refractivity contribution in [1.82, 2.24) is 14.8 Å². The van der Waals surface area contributed by atoms with E-state index in [4.69, 9.17) is 4.52 Å². The Labute approximate surface area is 147 Å². The van der Waals surface area contributed by atoms with Crippen LogP contribution in [0.1, 0.15) is 40.2 Å². The van der Waals surface area contributed by atoms with Gasteiger partial charge in [0.25, 0.3) is 5.91 Å². The highest BCUT2D eigenvalue weighted by molar-refractivity contribution is 7.89. The number of amides is 1. The first-order valence-electron chi connectivity index (χ1n) is 8.10. The van der Waals surface area contributed by atoms with Crippen molar-refractivity contribution < 1.29 is 17.7 Å². The van der Waals surface area contributed by atoms with Gasteiger partial charge in [-0.25, -0.2) is 8.42 Å². The molecule has 2 aromatic rings. The van der Waals surface area contributed by atoms with Crippen LogP contribution in [0, 0.1) is 13.8 Å². The predicted octanol–water partition coefficient (Wildman–Crippen LogP) is 2.00. The molecule has 1 aromatic carbocycles. The van der Waals surface area contributed by atoms with Crippen molar-refractivity contribution in [2.45, 2.75) is 44.2 Å². The average molecular weight is 363 g/mol. The van der Waals surface area contributed by atoms with E-state index in [0.29, 0.717) is 17.0 Å². The van der Waals surface area contributed by atoms with Crippen molar-refractivity contribution >= 4 is 15.9 Å². The summed E-state index contributed by atoms with van der Waals surface area (Å²) in [6.45, 7) is 3.49. The Kier molecular flexibility index (Phi) is 4.66. The molecular weight excluding hydrogens is 342 g/mol. The lowest BCUT2D eigenvalue weighted by Crippen LogP contribution is -2.33. The fourth-order valence-electron chi connectivity index (χ4n) is 2.82. The molecule has 0 aliphatic heterocycles. The van der Waals surface area contributed by atoms with Gasteiger partial charge in [-0.1, -0.05) is 17.3 Å². The van der Waals surface area contributed by atoms with Gasteiger partial charge in [-0.2, -0.15) is 4.31 Å². The molecule has 1 heterocycles. The quantitative estimate of drug-likeness (QED) is 0.847. The van der Waals surface area contributed by atoms with Crippen molar-refractivity contribution in [2.24, 2.45) is 0 Å². The van der Waals surface area contributed by atoms with Gasteiger partial charge in [0.05, 0.1) is 0 Å². The van der Waals surface area contributed by atoms with Gasteiger partial charge >= 0.3 is 0 Å². The maximum Gasteiger partial charge on any atom is 0.251 e. The minimum Gasteiger partial charge on any atom is -0.360 e. The number of nitrogens with one attached hydrogen (secondary N) is 1. The second-order valence-electron chi connectivity index (χ2n) is 6.21. The highest BCUT2D eigenvalue weighted by Gasteiger charge is 2.40. The molecule has 1 N–H and O–H groups in total. The van der Waals surface area contributed by atoms with E-state index in [1.54, 1.807) is 45.2 Å². The molecule has 3 rings (SSSR count). The summed E-state index contributed by atoms with van der Waals surface area (Å²) < 4.78 is 32.8. The van der Waals surface area contributed by atoms with E-state index in [0.717, 1.165) is 18.4 Å². The Hall–Kier alpha value is -2.19. The van der Waals surface area contributed by atoms with Gasteiger partial charge in [0.2, 0.25) is 10.0 Å². The molecule has 0 radical (unpaired) electrons. The fraction of sp³-hybridized carbons (Fsp3) is 0.412. The highest BCUT2D eigenvalue weighted by Crippen LogP contribution is 2.35. The molecule has 0 bridgehead atoms. The van der Waals surface area contributed by atoms with Crippen LogP contribution in [-0.2, 0) is 16.6 Å². The molecule has 25 heavy (non-hydrogen) atoms. The van der Waals surface area contributed by atoms with Crippen LogP contribution in [0.2, 0.25) is 0 Å². The molecule has 1 aliphatic rings. The predicted molar refractivity (Wildman–Crippen MR) is 91.6 cm³/mol. The van der Waals surface area contributed by atoms with Gasteiger partial charge in [-0.05, 0) is 44.4 Å². The number of hydrogen-bond acceptors (Lipinski definition) is 5. The summed E-state index contributed by atoms with van der Waals surface area (Å²) in [5, 5.41) is 6.33. The first-order chi connectivity index (χ1) is 11.8. The van der Waals surface area contributed by atoms with Gasteiger partial charge in [0.1, 0.15) is 10.6 Å². The summed E-state index contributed by atoms with van der Waals surface area (Å²) >= 11 is 0. The zero-order valence-electron chi connectivity index (χ0n) is 14.4. The third-order valence-electron chi connectivity index (χ3n) is 4.27. The summed E-state index contributed by atoms with van der Waals surface area (Å²) in [6.07, 6.45) is 1.69. The Bertz CT molecular complexity index is 864. The van der Waals surface area contributed by atoms with Gasteiger partial charge in [-0.3, -0.25) is 4.79 Å². The zero-order chi connectivity index (χ0) is 18.2. The van der Waals surface area contributed by atoms with Crippen LogP contribution < -0.4 is 5.32 Å². The molecule has 1 aliphatic carbocycles. The molecule has 8 heteroatoms. The van der Waals surface area contributed by atoms with Gasteiger partial charge in [0.15, 0.2) is 5.76 Å².